The third-order valence-corrected chi connectivity index (χ3v) is 9.29. The maximum Gasteiger partial charge on any atom is 0.416 e. The number of hydrogen-bond acceptors (Lipinski definition) is 6. The Hall–Kier alpha value is -4.31. The van der Waals surface area contributed by atoms with Gasteiger partial charge in [0.05, 0.1) is 16.6 Å². The topological polar surface area (TPSA) is 66.9 Å². The van der Waals surface area contributed by atoms with E-state index in [1.54, 1.807) is 6.07 Å². The number of carbonyl (C=O) groups is 1. The first-order valence-corrected chi connectivity index (χ1v) is 15.5. The Morgan fingerprint density at radius 1 is 0.933 bits per heavy atom. The van der Waals surface area contributed by atoms with Crippen LogP contribution in [0.3, 0.4) is 0 Å². The predicted molar refractivity (Wildman–Crippen MR) is 166 cm³/mol. The van der Waals surface area contributed by atoms with Crippen molar-refractivity contribution in [3.63, 3.8) is 0 Å². The Kier molecular flexibility index (Phi) is 7.77. The quantitative estimate of drug-likeness (QED) is 0.237. The summed E-state index contributed by atoms with van der Waals surface area (Å²) in [5, 5.41) is 3.99. The van der Waals surface area contributed by atoms with E-state index in [9.17, 15) is 18.0 Å². The summed E-state index contributed by atoms with van der Waals surface area (Å²) in [6.07, 6.45) is -1.05. The first-order chi connectivity index (χ1) is 21.7. The van der Waals surface area contributed by atoms with Crippen molar-refractivity contribution in [1.82, 2.24) is 14.8 Å². The van der Waals surface area contributed by atoms with E-state index in [4.69, 9.17) is 14.5 Å². The zero-order valence-corrected chi connectivity index (χ0v) is 25.1. The Balaban J connectivity index is 1.23. The van der Waals surface area contributed by atoms with Gasteiger partial charge in [-0.25, -0.2) is 4.98 Å². The number of nitrogens with one attached hydrogen (secondary N) is 1. The molecule has 7 nitrogen and oxygen atoms in total. The van der Waals surface area contributed by atoms with Crippen molar-refractivity contribution in [2.24, 2.45) is 5.92 Å². The maximum absolute atomic E-state index is 14.5. The molecule has 1 amide bonds. The molecule has 2 atom stereocenters. The summed E-state index contributed by atoms with van der Waals surface area (Å²) in [6.45, 7) is 6.39. The third-order valence-electron chi connectivity index (χ3n) is 9.29. The van der Waals surface area contributed by atoms with Crippen LogP contribution in [-0.2, 0) is 12.7 Å². The number of pyridine rings is 1. The van der Waals surface area contributed by atoms with Crippen molar-refractivity contribution >= 4 is 22.6 Å². The van der Waals surface area contributed by atoms with Crippen LogP contribution in [0.4, 0.5) is 19.0 Å². The van der Waals surface area contributed by atoms with E-state index in [2.05, 4.69) is 17.1 Å². The van der Waals surface area contributed by atoms with Crippen molar-refractivity contribution in [3.05, 3.63) is 83.4 Å². The normalized spacial score (nSPS) is 19.9. The van der Waals surface area contributed by atoms with Crippen molar-refractivity contribution in [2.45, 2.75) is 44.9 Å². The second-order valence-corrected chi connectivity index (χ2v) is 12.2. The largest absolute Gasteiger partial charge is 0.454 e. The van der Waals surface area contributed by atoms with E-state index in [1.807, 2.05) is 41.3 Å². The number of aromatic nitrogens is 1. The molecule has 3 aromatic carbocycles. The number of benzene rings is 3. The number of rotatable bonds is 7. The molecule has 10 heteroatoms. The molecule has 1 aromatic heterocycles. The highest BCUT2D eigenvalue weighted by Crippen LogP contribution is 2.38. The number of halogens is 3. The van der Waals surface area contributed by atoms with E-state index >= 15 is 0 Å². The molecule has 0 radical (unpaired) electrons. The third kappa shape index (κ3) is 6.03. The SMILES string of the molecule is C[C@H]1CCN(C(=O)c2cc(NCc3ccc(C(F)(F)F)cc3)nc3ccc(-c4ccc5c(c4)OCO5)cc23)[C@@H]1CN1CCCC1. The highest BCUT2D eigenvalue weighted by molar-refractivity contribution is 6.08. The van der Waals surface area contributed by atoms with Gasteiger partial charge in [-0.2, -0.15) is 13.2 Å². The monoisotopic (exact) mass is 616 g/mol. The molecule has 7 rings (SSSR count). The van der Waals surface area contributed by atoms with Gasteiger partial charge in [0, 0.05) is 31.1 Å². The maximum atomic E-state index is 14.5. The summed E-state index contributed by atoms with van der Waals surface area (Å²) >= 11 is 0. The van der Waals surface area contributed by atoms with Gasteiger partial charge in [-0.1, -0.05) is 31.2 Å². The van der Waals surface area contributed by atoms with Crippen LogP contribution in [0.2, 0.25) is 0 Å². The second kappa shape index (κ2) is 11.9. The number of ether oxygens (including phenoxy) is 2. The molecular formula is C35H35F3N4O3. The molecule has 0 spiro atoms. The Labute approximate surface area is 259 Å². The summed E-state index contributed by atoms with van der Waals surface area (Å²) < 4.78 is 50.2. The lowest BCUT2D eigenvalue weighted by atomic mass is 9.99. The number of amides is 1. The number of nitrogens with zero attached hydrogens (tertiary/aromatic N) is 3. The van der Waals surface area contributed by atoms with Crippen molar-refractivity contribution in [3.8, 4) is 22.6 Å². The second-order valence-electron chi connectivity index (χ2n) is 12.2. The molecule has 2 fully saturated rings. The average Bonchev–Trinajstić information content (AvgIpc) is 3.81. The van der Waals surface area contributed by atoms with Crippen LogP contribution in [-0.4, -0.2) is 59.7 Å². The molecule has 0 unspecified atom stereocenters. The number of alkyl halides is 3. The molecular weight excluding hydrogens is 581 g/mol. The van der Waals surface area contributed by atoms with Gasteiger partial charge in [0.1, 0.15) is 5.82 Å². The van der Waals surface area contributed by atoms with Crippen LogP contribution in [0.15, 0.2) is 66.7 Å². The van der Waals surface area contributed by atoms with Gasteiger partial charge in [-0.3, -0.25) is 4.79 Å². The zero-order chi connectivity index (χ0) is 31.1. The summed E-state index contributed by atoms with van der Waals surface area (Å²) in [6, 6.07) is 18.6. The summed E-state index contributed by atoms with van der Waals surface area (Å²) in [4.78, 5) is 23.8. The van der Waals surface area contributed by atoms with Crippen molar-refractivity contribution in [2.75, 3.05) is 38.3 Å². The molecule has 2 saturated heterocycles. The molecule has 234 valence electrons. The number of carbonyl (C=O) groups excluding carboxylic acids is 1. The molecule has 4 aromatic rings. The van der Waals surface area contributed by atoms with Gasteiger partial charge in [-0.05, 0) is 97.4 Å². The van der Waals surface area contributed by atoms with Gasteiger partial charge in [0.2, 0.25) is 6.79 Å². The summed E-state index contributed by atoms with van der Waals surface area (Å²) in [5.74, 6) is 2.24. The molecule has 3 aliphatic rings. The highest BCUT2D eigenvalue weighted by Gasteiger charge is 2.37. The van der Waals surface area contributed by atoms with Gasteiger partial charge in [-0.15, -0.1) is 0 Å². The highest BCUT2D eigenvalue weighted by atomic mass is 19.4. The lowest BCUT2D eigenvalue weighted by Crippen LogP contribution is -2.44. The summed E-state index contributed by atoms with van der Waals surface area (Å²) in [5.41, 5.74) is 3.05. The van der Waals surface area contributed by atoms with Crippen molar-refractivity contribution in [1.29, 1.82) is 0 Å². The van der Waals surface area contributed by atoms with E-state index in [0.29, 0.717) is 46.4 Å². The van der Waals surface area contributed by atoms with Crippen LogP contribution in [0.1, 0.15) is 47.7 Å². The number of hydrogen-bond donors (Lipinski definition) is 1. The van der Waals surface area contributed by atoms with E-state index < -0.39 is 11.7 Å². The lowest BCUT2D eigenvalue weighted by molar-refractivity contribution is -0.137. The standard InChI is InChI=1S/C35H35F3N4O3/c1-22-12-15-42(30(22)20-41-13-2-3-14-41)34(43)28-18-33(39-19-23-4-8-26(9-5-23)35(36,37)38)40-29-10-6-24(16-27(28)29)25-7-11-31-32(17-25)45-21-44-31/h4-11,16-18,22,30H,2-3,12-15,19-21H2,1H3,(H,39,40)/t22-,30+/m0/s1. The van der Waals surface area contributed by atoms with Crippen LogP contribution in [0, 0.1) is 5.92 Å². The Morgan fingerprint density at radius 3 is 2.44 bits per heavy atom. The fourth-order valence-corrected chi connectivity index (χ4v) is 6.68. The van der Waals surface area contributed by atoms with Gasteiger partial charge >= 0.3 is 6.18 Å². The minimum atomic E-state index is -4.39. The van der Waals surface area contributed by atoms with Crippen LogP contribution < -0.4 is 14.8 Å². The van der Waals surface area contributed by atoms with Crippen LogP contribution in [0.5, 0.6) is 11.5 Å². The van der Waals surface area contributed by atoms with Gasteiger partial charge < -0.3 is 24.6 Å². The Morgan fingerprint density at radius 2 is 1.67 bits per heavy atom. The molecule has 4 heterocycles. The minimum Gasteiger partial charge on any atom is -0.454 e. The van der Waals surface area contributed by atoms with Crippen molar-refractivity contribution < 1.29 is 27.4 Å². The molecule has 45 heavy (non-hydrogen) atoms. The van der Waals surface area contributed by atoms with Gasteiger partial charge in [0.15, 0.2) is 11.5 Å². The number of likely N-dealkylation sites (tertiary alicyclic amines) is 2. The molecule has 0 bridgehead atoms. The predicted octanol–water partition coefficient (Wildman–Crippen LogP) is 7.21. The number of anilines is 1. The first-order valence-electron chi connectivity index (χ1n) is 15.5. The first kappa shape index (κ1) is 29.4. The van der Waals surface area contributed by atoms with E-state index in [0.717, 1.165) is 54.7 Å². The molecule has 0 aliphatic carbocycles. The fraction of sp³-hybridized carbons (Fsp3) is 0.371. The smallest absolute Gasteiger partial charge is 0.416 e. The number of fused-ring (bicyclic) bond motifs is 2. The van der Waals surface area contributed by atoms with Gasteiger partial charge in [0.25, 0.3) is 5.91 Å². The zero-order valence-electron chi connectivity index (χ0n) is 25.1. The molecule has 3 aliphatic heterocycles. The lowest BCUT2D eigenvalue weighted by Gasteiger charge is -2.31. The van der Waals surface area contributed by atoms with Crippen LogP contribution >= 0.6 is 0 Å². The van der Waals surface area contributed by atoms with E-state index in [1.165, 1.54) is 25.0 Å². The average molecular weight is 617 g/mol. The summed E-state index contributed by atoms with van der Waals surface area (Å²) in [7, 11) is 0. The fourth-order valence-electron chi connectivity index (χ4n) is 6.68. The minimum absolute atomic E-state index is 0.0311. The molecule has 1 N–H and O–H groups in total. The Bertz CT molecular complexity index is 1720. The van der Waals surface area contributed by atoms with Crippen LogP contribution in [0.25, 0.3) is 22.0 Å². The molecule has 0 saturated carbocycles. The van der Waals surface area contributed by atoms with E-state index in [-0.39, 0.29) is 25.3 Å².